The lowest BCUT2D eigenvalue weighted by molar-refractivity contribution is 0.600. The second kappa shape index (κ2) is 7.36. The van der Waals surface area contributed by atoms with E-state index in [2.05, 4.69) is 20.0 Å². The maximum Gasteiger partial charge on any atom is 0.262 e. The minimum absolute atomic E-state index is 0.268. The molecule has 3 rings (SSSR count). The van der Waals surface area contributed by atoms with Gasteiger partial charge in [0, 0.05) is 17.1 Å². The molecular weight excluding hydrogens is 360 g/mol. The molecule has 7 heteroatoms. The van der Waals surface area contributed by atoms with Crippen LogP contribution in [0.5, 0.6) is 0 Å². The molecule has 0 aliphatic rings. The number of nitrogens with zero attached hydrogens (tertiary/aromatic N) is 2. The maximum absolute atomic E-state index is 12.7. The van der Waals surface area contributed by atoms with Gasteiger partial charge < -0.3 is 5.32 Å². The minimum Gasteiger partial charge on any atom is -0.324 e. The largest absolute Gasteiger partial charge is 0.324 e. The molecule has 140 valence electrons. The average molecular weight is 382 g/mol. The predicted molar refractivity (Wildman–Crippen MR) is 108 cm³/mol. The molecule has 0 unspecified atom stereocenters. The topological polar surface area (TPSA) is 84.0 Å². The van der Waals surface area contributed by atoms with E-state index in [9.17, 15) is 8.42 Å². The van der Waals surface area contributed by atoms with Crippen molar-refractivity contribution >= 4 is 27.3 Å². The van der Waals surface area contributed by atoms with Crippen LogP contribution in [-0.2, 0) is 10.0 Å². The number of hydrogen-bond acceptors (Lipinski definition) is 5. The van der Waals surface area contributed by atoms with Crippen molar-refractivity contribution in [3.05, 3.63) is 71.0 Å². The summed E-state index contributed by atoms with van der Waals surface area (Å²) in [6, 6.07) is 14.2. The minimum atomic E-state index is -3.67. The number of rotatable bonds is 5. The Morgan fingerprint density at radius 1 is 0.815 bits per heavy atom. The van der Waals surface area contributed by atoms with Crippen LogP contribution in [-0.4, -0.2) is 18.4 Å². The van der Waals surface area contributed by atoms with E-state index in [0.717, 1.165) is 17.0 Å². The molecule has 0 fully saturated rings. The number of sulfonamides is 1. The predicted octanol–water partition coefficient (Wildman–Crippen LogP) is 4.25. The van der Waals surface area contributed by atoms with Gasteiger partial charge >= 0.3 is 0 Å². The van der Waals surface area contributed by atoms with Crippen molar-refractivity contribution in [1.82, 2.24) is 9.97 Å². The number of benzene rings is 2. The first-order valence-electron chi connectivity index (χ1n) is 8.52. The number of anilines is 3. The Morgan fingerprint density at radius 2 is 1.48 bits per heavy atom. The SMILES string of the molecule is Cc1ccc(S(=O)(=O)Nc2cccc(Nc3nc(C)cc(C)n3)c2)c(C)c1. The van der Waals surface area contributed by atoms with Gasteiger partial charge in [-0.05, 0) is 63.6 Å². The fourth-order valence-corrected chi connectivity index (χ4v) is 4.16. The van der Waals surface area contributed by atoms with E-state index >= 15 is 0 Å². The van der Waals surface area contributed by atoms with Crippen LogP contribution in [0.2, 0.25) is 0 Å². The van der Waals surface area contributed by atoms with E-state index < -0.39 is 10.0 Å². The Balaban J connectivity index is 1.85. The molecule has 0 saturated heterocycles. The van der Waals surface area contributed by atoms with Crippen LogP contribution in [0.1, 0.15) is 22.5 Å². The maximum atomic E-state index is 12.7. The van der Waals surface area contributed by atoms with E-state index in [4.69, 9.17) is 0 Å². The Kier molecular flexibility index (Phi) is 5.14. The molecule has 0 amide bonds. The monoisotopic (exact) mass is 382 g/mol. The van der Waals surface area contributed by atoms with Crippen molar-refractivity contribution in [2.75, 3.05) is 10.0 Å². The lowest BCUT2D eigenvalue weighted by Crippen LogP contribution is -2.14. The van der Waals surface area contributed by atoms with Crippen LogP contribution in [0.25, 0.3) is 0 Å². The van der Waals surface area contributed by atoms with Crippen LogP contribution in [0.15, 0.2) is 53.4 Å². The normalized spacial score (nSPS) is 11.3. The van der Waals surface area contributed by atoms with Crippen LogP contribution < -0.4 is 10.0 Å². The first-order chi connectivity index (χ1) is 12.7. The van der Waals surface area contributed by atoms with E-state index in [0.29, 0.717) is 22.9 Å². The van der Waals surface area contributed by atoms with Gasteiger partial charge in [0.1, 0.15) is 0 Å². The Labute approximate surface area is 159 Å². The molecule has 0 atom stereocenters. The molecule has 6 nitrogen and oxygen atoms in total. The smallest absolute Gasteiger partial charge is 0.262 e. The van der Waals surface area contributed by atoms with Crippen molar-refractivity contribution in [3.63, 3.8) is 0 Å². The van der Waals surface area contributed by atoms with Crippen molar-refractivity contribution in [2.45, 2.75) is 32.6 Å². The molecule has 3 aromatic rings. The van der Waals surface area contributed by atoms with Gasteiger partial charge in [0.2, 0.25) is 5.95 Å². The summed E-state index contributed by atoms with van der Waals surface area (Å²) in [6.45, 7) is 7.51. The van der Waals surface area contributed by atoms with Crippen LogP contribution in [0, 0.1) is 27.7 Å². The highest BCUT2D eigenvalue weighted by molar-refractivity contribution is 7.92. The third-order valence-electron chi connectivity index (χ3n) is 3.97. The molecule has 0 aliphatic carbocycles. The standard InChI is InChI=1S/C20H22N4O2S/c1-13-8-9-19(14(2)10-13)27(25,26)24-18-7-5-6-17(12-18)23-20-21-15(3)11-16(4)22-20/h5-12,24H,1-4H3,(H,21,22,23). The lowest BCUT2D eigenvalue weighted by atomic mass is 10.2. The van der Waals surface area contributed by atoms with Gasteiger partial charge in [0.25, 0.3) is 10.0 Å². The Hall–Kier alpha value is -2.93. The second-order valence-corrected chi connectivity index (χ2v) is 8.21. The van der Waals surface area contributed by atoms with Crippen molar-refractivity contribution in [3.8, 4) is 0 Å². The zero-order chi connectivity index (χ0) is 19.6. The van der Waals surface area contributed by atoms with E-state index in [1.807, 2.05) is 39.0 Å². The van der Waals surface area contributed by atoms with Crippen molar-refractivity contribution in [1.29, 1.82) is 0 Å². The summed E-state index contributed by atoms with van der Waals surface area (Å²) in [5.74, 6) is 0.474. The molecule has 0 aliphatic heterocycles. The average Bonchev–Trinajstić information content (AvgIpc) is 2.53. The summed E-state index contributed by atoms with van der Waals surface area (Å²) in [4.78, 5) is 8.95. The van der Waals surface area contributed by atoms with Crippen LogP contribution in [0.3, 0.4) is 0 Å². The summed E-state index contributed by atoms with van der Waals surface area (Å²) in [5.41, 5.74) is 4.60. The molecule has 1 heterocycles. The number of hydrogen-bond donors (Lipinski definition) is 2. The fourth-order valence-electron chi connectivity index (χ4n) is 2.88. The van der Waals surface area contributed by atoms with Gasteiger partial charge in [0.05, 0.1) is 10.6 Å². The van der Waals surface area contributed by atoms with Crippen LogP contribution >= 0.6 is 0 Å². The molecule has 0 spiro atoms. The van der Waals surface area contributed by atoms with Gasteiger partial charge in [0.15, 0.2) is 0 Å². The second-order valence-electron chi connectivity index (χ2n) is 6.55. The summed E-state index contributed by atoms with van der Waals surface area (Å²) in [5, 5.41) is 3.11. The summed E-state index contributed by atoms with van der Waals surface area (Å²) in [6.07, 6.45) is 0. The first kappa shape index (κ1) is 18.8. The number of aryl methyl sites for hydroxylation is 4. The quantitative estimate of drug-likeness (QED) is 0.689. The molecule has 27 heavy (non-hydrogen) atoms. The molecule has 2 N–H and O–H groups in total. The van der Waals surface area contributed by atoms with Gasteiger partial charge in [-0.3, -0.25) is 4.72 Å². The zero-order valence-corrected chi connectivity index (χ0v) is 16.6. The lowest BCUT2D eigenvalue weighted by Gasteiger charge is -2.12. The molecular formula is C20H22N4O2S. The van der Waals surface area contributed by atoms with E-state index in [1.165, 1.54) is 0 Å². The molecule has 0 radical (unpaired) electrons. The zero-order valence-electron chi connectivity index (χ0n) is 15.7. The molecule has 1 aromatic heterocycles. The number of nitrogens with one attached hydrogen (secondary N) is 2. The molecule has 0 saturated carbocycles. The van der Waals surface area contributed by atoms with Crippen molar-refractivity contribution in [2.24, 2.45) is 0 Å². The van der Waals surface area contributed by atoms with Gasteiger partial charge in [-0.2, -0.15) is 0 Å². The highest BCUT2D eigenvalue weighted by atomic mass is 32.2. The Morgan fingerprint density at radius 3 is 2.15 bits per heavy atom. The third kappa shape index (κ3) is 4.62. The summed E-state index contributed by atoms with van der Waals surface area (Å²) < 4.78 is 28.1. The van der Waals surface area contributed by atoms with Gasteiger partial charge in [-0.15, -0.1) is 0 Å². The highest BCUT2D eigenvalue weighted by Crippen LogP contribution is 2.23. The summed E-state index contributed by atoms with van der Waals surface area (Å²) >= 11 is 0. The van der Waals surface area contributed by atoms with Gasteiger partial charge in [-0.25, -0.2) is 18.4 Å². The first-order valence-corrected chi connectivity index (χ1v) is 10.0. The molecule has 2 aromatic carbocycles. The van der Waals surface area contributed by atoms with Crippen LogP contribution in [0.4, 0.5) is 17.3 Å². The van der Waals surface area contributed by atoms with E-state index in [1.54, 1.807) is 37.3 Å². The van der Waals surface area contributed by atoms with Crippen molar-refractivity contribution < 1.29 is 8.42 Å². The summed E-state index contributed by atoms with van der Waals surface area (Å²) in [7, 11) is -3.67. The van der Waals surface area contributed by atoms with E-state index in [-0.39, 0.29) is 4.90 Å². The third-order valence-corrected chi connectivity index (χ3v) is 5.51. The molecule has 0 bridgehead atoms. The number of aromatic nitrogens is 2. The Bertz CT molecular complexity index is 1070. The highest BCUT2D eigenvalue weighted by Gasteiger charge is 2.17. The van der Waals surface area contributed by atoms with Gasteiger partial charge in [-0.1, -0.05) is 23.8 Å². The fraction of sp³-hybridized carbons (Fsp3) is 0.200.